The minimum Gasteiger partial charge on any atom is -0.304 e. The Bertz CT molecular complexity index is 128. The van der Waals surface area contributed by atoms with Gasteiger partial charge in [0.25, 0.3) is 0 Å². The SMILES string of the molecule is CCC(C)CCN1CCN(C)CC1. The lowest BCUT2D eigenvalue weighted by molar-refractivity contribution is 0.147. The third-order valence-electron chi connectivity index (χ3n) is 3.23. The van der Waals surface area contributed by atoms with Gasteiger partial charge < -0.3 is 9.80 Å². The van der Waals surface area contributed by atoms with Gasteiger partial charge in [0.1, 0.15) is 0 Å². The van der Waals surface area contributed by atoms with Crippen molar-refractivity contribution in [3.8, 4) is 0 Å². The van der Waals surface area contributed by atoms with Gasteiger partial charge in [-0.15, -0.1) is 0 Å². The summed E-state index contributed by atoms with van der Waals surface area (Å²) in [6, 6.07) is 0. The fourth-order valence-electron chi connectivity index (χ4n) is 1.68. The van der Waals surface area contributed by atoms with Gasteiger partial charge in [-0.1, -0.05) is 20.3 Å². The summed E-state index contributed by atoms with van der Waals surface area (Å²) >= 11 is 0. The first kappa shape index (κ1) is 11.0. The van der Waals surface area contributed by atoms with Gasteiger partial charge in [-0.2, -0.15) is 0 Å². The molecule has 1 aliphatic heterocycles. The van der Waals surface area contributed by atoms with E-state index in [1.807, 2.05) is 0 Å². The minimum atomic E-state index is 0.902. The average Bonchev–Trinajstić information content (AvgIpc) is 2.16. The molecule has 1 fully saturated rings. The normalized spacial score (nSPS) is 23.3. The summed E-state index contributed by atoms with van der Waals surface area (Å²) in [5, 5.41) is 0. The Labute approximate surface area is 82.9 Å². The zero-order valence-corrected chi connectivity index (χ0v) is 9.42. The van der Waals surface area contributed by atoms with Gasteiger partial charge in [0, 0.05) is 26.2 Å². The van der Waals surface area contributed by atoms with Crippen LogP contribution < -0.4 is 0 Å². The maximum atomic E-state index is 2.60. The van der Waals surface area contributed by atoms with Crippen molar-refractivity contribution in [2.24, 2.45) is 5.92 Å². The first-order chi connectivity index (χ1) is 6.22. The third-order valence-corrected chi connectivity index (χ3v) is 3.23. The van der Waals surface area contributed by atoms with Crippen LogP contribution >= 0.6 is 0 Å². The van der Waals surface area contributed by atoms with E-state index >= 15 is 0 Å². The fourth-order valence-corrected chi connectivity index (χ4v) is 1.68. The van der Waals surface area contributed by atoms with E-state index < -0.39 is 0 Å². The summed E-state index contributed by atoms with van der Waals surface area (Å²) in [5.74, 6) is 0.902. The number of nitrogens with zero attached hydrogens (tertiary/aromatic N) is 2. The van der Waals surface area contributed by atoms with Crippen LogP contribution in [0.4, 0.5) is 0 Å². The van der Waals surface area contributed by atoms with Gasteiger partial charge in [-0.25, -0.2) is 0 Å². The van der Waals surface area contributed by atoms with E-state index in [4.69, 9.17) is 0 Å². The van der Waals surface area contributed by atoms with Crippen molar-refractivity contribution in [1.29, 1.82) is 0 Å². The lowest BCUT2D eigenvalue weighted by Gasteiger charge is -2.32. The summed E-state index contributed by atoms with van der Waals surface area (Å²) in [5.41, 5.74) is 0. The quantitative estimate of drug-likeness (QED) is 0.656. The Hall–Kier alpha value is -0.0800. The zero-order valence-electron chi connectivity index (χ0n) is 9.42. The van der Waals surface area contributed by atoms with E-state index in [-0.39, 0.29) is 0 Å². The van der Waals surface area contributed by atoms with Crippen LogP contribution in [0.5, 0.6) is 0 Å². The summed E-state index contributed by atoms with van der Waals surface area (Å²) in [7, 11) is 2.21. The first-order valence-electron chi connectivity index (χ1n) is 5.63. The monoisotopic (exact) mass is 184 g/mol. The highest BCUT2D eigenvalue weighted by molar-refractivity contribution is 4.69. The van der Waals surface area contributed by atoms with Crippen molar-refractivity contribution in [3.05, 3.63) is 0 Å². The largest absolute Gasteiger partial charge is 0.304 e. The molecule has 1 atom stereocenters. The van der Waals surface area contributed by atoms with Crippen molar-refractivity contribution in [1.82, 2.24) is 9.80 Å². The molecule has 0 N–H and O–H groups in total. The molecule has 0 saturated carbocycles. The topological polar surface area (TPSA) is 6.48 Å². The van der Waals surface area contributed by atoms with Crippen molar-refractivity contribution in [2.75, 3.05) is 39.8 Å². The first-order valence-corrected chi connectivity index (χ1v) is 5.63. The number of hydrogen-bond donors (Lipinski definition) is 0. The highest BCUT2D eigenvalue weighted by Crippen LogP contribution is 2.08. The molecule has 0 aliphatic carbocycles. The van der Waals surface area contributed by atoms with Crippen LogP contribution in [0.1, 0.15) is 26.7 Å². The molecule has 0 amide bonds. The summed E-state index contributed by atoms with van der Waals surface area (Å²) in [6.07, 6.45) is 2.70. The molecule has 0 aromatic rings. The second kappa shape index (κ2) is 5.61. The average molecular weight is 184 g/mol. The highest BCUT2D eigenvalue weighted by atomic mass is 15.2. The van der Waals surface area contributed by atoms with Crippen LogP contribution in [0.25, 0.3) is 0 Å². The van der Waals surface area contributed by atoms with Gasteiger partial charge in [0.15, 0.2) is 0 Å². The maximum Gasteiger partial charge on any atom is 0.0110 e. The van der Waals surface area contributed by atoms with Gasteiger partial charge in [-0.3, -0.25) is 0 Å². The standard InChI is InChI=1S/C11H24N2/c1-4-11(2)5-6-13-9-7-12(3)8-10-13/h11H,4-10H2,1-3H3. The van der Waals surface area contributed by atoms with E-state index in [9.17, 15) is 0 Å². The van der Waals surface area contributed by atoms with E-state index in [0.29, 0.717) is 0 Å². The van der Waals surface area contributed by atoms with Gasteiger partial charge >= 0.3 is 0 Å². The predicted molar refractivity (Wildman–Crippen MR) is 58.0 cm³/mol. The molecular weight excluding hydrogens is 160 g/mol. The Balaban J connectivity index is 2.08. The van der Waals surface area contributed by atoms with E-state index in [0.717, 1.165) is 5.92 Å². The molecule has 1 heterocycles. The molecule has 0 aromatic heterocycles. The van der Waals surface area contributed by atoms with Crippen molar-refractivity contribution in [2.45, 2.75) is 26.7 Å². The predicted octanol–water partition coefficient (Wildman–Crippen LogP) is 1.67. The van der Waals surface area contributed by atoms with E-state index in [1.54, 1.807) is 0 Å². The molecule has 2 heteroatoms. The number of rotatable bonds is 4. The van der Waals surface area contributed by atoms with E-state index in [2.05, 4.69) is 30.7 Å². The Kier molecular flexibility index (Phi) is 4.74. The molecule has 1 unspecified atom stereocenters. The molecule has 0 aromatic carbocycles. The van der Waals surface area contributed by atoms with Gasteiger partial charge in [0.2, 0.25) is 0 Å². The minimum absolute atomic E-state index is 0.902. The van der Waals surface area contributed by atoms with Crippen LogP contribution in [0.3, 0.4) is 0 Å². The second-order valence-corrected chi connectivity index (χ2v) is 4.45. The second-order valence-electron chi connectivity index (χ2n) is 4.45. The fraction of sp³-hybridized carbons (Fsp3) is 1.00. The summed E-state index contributed by atoms with van der Waals surface area (Å²) in [4.78, 5) is 5.02. The maximum absolute atomic E-state index is 2.60. The van der Waals surface area contributed by atoms with E-state index in [1.165, 1.54) is 45.6 Å². The molecule has 1 aliphatic rings. The van der Waals surface area contributed by atoms with Crippen molar-refractivity contribution in [3.63, 3.8) is 0 Å². The molecule has 0 bridgehead atoms. The molecule has 0 spiro atoms. The Morgan fingerprint density at radius 2 is 1.77 bits per heavy atom. The number of hydrogen-bond acceptors (Lipinski definition) is 2. The molecule has 0 radical (unpaired) electrons. The molecule has 1 rings (SSSR count). The Morgan fingerprint density at radius 1 is 1.15 bits per heavy atom. The van der Waals surface area contributed by atoms with Crippen LogP contribution in [0.2, 0.25) is 0 Å². The third kappa shape index (κ3) is 4.10. The van der Waals surface area contributed by atoms with Crippen molar-refractivity contribution >= 4 is 0 Å². The highest BCUT2D eigenvalue weighted by Gasteiger charge is 2.13. The van der Waals surface area contributed by atoms with Crippen LogP contribution in [0.15, 0.2) is 0 Å². The molecule has 13 heavy (non-hydrogen) atoms. The lowest BCUT2D eigenvalue weighted by atomic mass is 10.1. The van der Waals surface area contributed by atoms with Gasteiger partial charge in [-0.05, 0) is 25.9 Å². The number of piperazine rings is 1. The van der Waals surface area contributed by atoms with Gasteiger partial charge in [0.05, 0.1) is 0 Å². The van der Waals surface area contributed by atoms with Crippen LogP contribution in [-0.4, -0.2) is 49.6 Å². The smallest absolute Gasteiger partial charge is 0.0110 e. The Morgan fingerprint density at radius 3 is 2.31 bits per heavy atom. The molecular formula is C11H24N2. The number of likely N-dealkylation sites (N-methyl/N-ethyl adjacent to an activating group) is 1. The van der Waals surface area contributed by atoms with Crippen LogP contribution in [0, 0.1) is 5.92 Å². The molecule has 2 nitrogen and oxygen atoms in total. The molecule has 78 valence electrons. The summed E-state index contributed by atoms with van der Waals surface area (Å²) in [6.45, 7) is 11.0. The lowest BCUT2D eigenvalue weighted by Crippen LogP contribution is -2.44. The molecule has 1 saturated heterocycles. The summed E-state index contributed by atoms with van der Waals surface area (Å²) < 4.78 is 0. The van der Waals surface area contributed by atoms with Crippen molar-refractivity contribution < 1.29 is 0 Å². The zero-order chi connectivity index (χ0) is 9.68. The van der Waals surface area contributed by atoms with Crippen LogP contribution in [-0.2, 0) is 0 Å².